The van der Waals surface area contributed by atoms with E-state index in [1.165, 1.54) is 70.8 Å². The normalized spacial score (nSPS) is 33.8. The molecule has 2 N–H and O–H groups in total. The van der Waals surface area contributed by atoms with E-state index in [2.05, 4.69) is 18.9 Å². The van der Waals surface area contributed by atoms with Crippen LogP contribution >= 0.6 is 0 Å². The molecular weight excluding hydrogens is 232 g/mol. The van der Waals surface area contributed by atoms with Crippen LogP contribution in [0.5, 0.6) is 0 Å². The molecule has 0 bridgehead atoms. The Kier molecular flexibility index (Phi) is 6.15. The van der Waals surface area contributed by atoms with Crippen LogP contribution in [0.1, 0.15) is 71.1 Å². The van der Waals surface area contributed by atoms with Crippen molar-refractivity contribution in [2.75, 3.05) is 13.6 Å². The Hall–Kier alpha value is -0.0800. The minimum atomic E-state index is 0.418. The molecule has 112 valence electrons. The van der Waals surface area contributed by atoms with Crippen LogP contribution in [-0.4, -0.2) is 30.6 Å². The Morgan fingerprint density at radius 3 is 2.42 bits per heavy atom. The standard InChI is InChI=1S/C17H34N2/c1-3-7-14-10-11-16(18)17(12-14)19(2)13-15-8-5-4-6-9-15/h14-17H,3-13,18H2,1-2H3. The van der Waals surface area contributed by atoms with Gasteiger partial charge in [0.1, 0.15) is 0 Å². The van der Waals surface area contributed by atoms with Crippen molar-refractivity contribution in [1.29, 1.82) is 0 Å². The van der Waals surface area contributed by atoms with E-state index < -0.39 is 0 Å². The molecular formula is C17H34N2. The highest BCUT2D eigenvalue weighted by Crippen LogP contribution is 2.31. The number of likely N-dealkylation sites (N-methyl/N-ethyl adjacent to an activating group) is 1. The zero-order valence-corrected chi connectivity index (χ0v) is 13.1. The first-order chi connectivity index (χ1) is 9.20. The highest BCUT2D eigenvalue weighted by atomic mass is 15.1. The molecule has 2 fully saturated rings. The van der Waals surface area contributed by atoms with E-state index in [9.17, 15) is 0 Å². The SMILES string of the molecule is CCCC1CCC(N)C(N(C)CC2CCCCC2)C1. The summed E-state index contributed by atoms with van der Waals surface area (Å²) >= 11 is 0. The predicted molar refractivity (Wildman–Crippen MR) is 83.2 cm³/mol. The molecule has 2 rings (SSSR count). The molecule has 0 amide bonds. The van der Waals surface area contributed by atoms with Crippen molar-refractivity contribution in [3.63, 3.8) is 0 Å². The molecule has 2 heteroatoms. The lowest BCUT2D eigenvalue weighted by Crippen LogP contribution is -2.51. The van der Waals surface area contributed by atoms with E-state index in [1.54, 1.807) is 0 Å². The number of nitrogens with two attached hydrogens (primary N) is 1. The molecule has 2 aliphatic rings. The highest BCUT2D eigenvalue weighted by Gasteiger charge is 2.31. The number of rotatable bonds is 5. The zero-order chi connectivity index (χ0) is 13.7. The van der Waals surface area contributed by atoms with Crippen molar-refractivity contribution in [1.82, 2.24) is 4.90 Å². The Bertz CT molecular complexity index is 248. The van der Waals surface area contributed by atoms with Gasteiger partial charge in [-0.3, -0.25) is 0 Å². The van der Waals surface area contributed by atoms with Gasteiger partial charge in [-0.1, -0.05) is 39.0 Å². The monoisotopic (exact) mass is 266 g/mol. The summed E-state index contributed by atoms with van der Waals surface area (Å²) in [5.74, 6) is 1.88. The van der Waals surface area contributed by atoms with Gasteiger partial charge in [-0.25, -0.2) is 0 Å². The summed E-state index contributed by atoms with van der Waals surface area (Å²) in [6.45, 7) is 3.60. The molecule has 0 heterocycles. The number of nitrogens with zero attached hydrogens (tertiary/aromatic N) is 1. The van der Waals surface area contributed by atoms with Crippen molar-refractivity contribution < 1.29 is 0 Å². The van der Waals surface area contributed by atoms with Crippen molar-refractivity contribution in [2.45, 2.75) is 83.2 Å². The topological polar surface area (TPSA) is 29.3 Å². The summed E-state index contributed by atoms with van der Waals surface area (Å²) in [4.78, 5) is 2.61. The Morgan fingerprint density at radius 2 is 1.74 bits per heavy atom. The molecule has 19 heavy (non-hydrogen) atoms. The van der Waals surface area contributed by atoms with Gasteiger partial charge in [0.15, 0.2) is 0 Å². The van der Waals surface area contributed by atoms with E-state index in [-0.39, 0.29) is 0 Å². The molecule has 0 aliphatic heterocycles. The molecule has 0 aromatic heterocycles. The van der Waals surface area contributed by atoms with Crippen molar-refractivity contribution in [2.24, 2.45) is 17.6 Å². The molecule has 2 aliphatic carbocycles. The lowest BCUT2D eigenvalue weighted by Gasteiger charge is -2.41. The average molecular weight is 266 g/mol. The Labute approximate surface area is 120 Å². The molecule has 0 spiro atoms. The minimum Gasteiger partial charge on any atom is -0.326 e. The van der Waals surface area contributed by atoms with Crippen molar-refractivity contribution >= 4 is 0 Å². The third-order valence-electron chi connectivity index (χ3n) is 5.51. The van der Waals surface area contributed by atoms with Gasteiger partial charge in [0.05, 0.1) is 0 Å². The van der Waals surface area contributed by atoms with Crippen LogP contribution in [0.4, 0.5) is 0 Å². The van der Waals surface area contributed by atoms with Crippen LogP contribution in [-0.2, 0) is 0 Å². The van der Waals surface area contributed by atoms with Gasteiger partial charge in [-0.05, 0) is 51.0 Å². The smallest absolute Gasteiger partial charge is 0.0246 e. The van der Waals surface area contributed by atoms with Gasteiger partial charge >= 0.3 is 0 Å². The molecule has 0 aromatic rings. The van der Waals surface area contributed by atoms with E-state index in [0.717, 1.165) is 11.8 Å². The van der Waals surface area contributed by atoms with E-state index in [1.807, 2.05) is 0 Å². The maximum atomic E-state index is 6.40. The summed E-state index contributed by atoms with van der Waals surface area (Å²) < 4.78 is 0. The van der Waals surface area contributed by atoms with E-state index in [0.29, 0.717) is 12.1 Å². The van der Waals surface area contributed by atoms with Crippen LogP contribution in [0.15, 0.2) is 0 Å². The third-order valence-corrected chi connectivity index (χ3v) is 5.51. The van der Waals surface area contributed by atoms with Crippen LogP contribution < -0.4 is 5.73 Å². The lowest BCUT2D eigenvalue weighted by molar-refractivity contribution is 0.109. The first kappa shape index (κ1) is 15.3. The van der Waals surface area contributed by atoms with Gasteiger partial charge in [-0.2, -0.15) is 0 Å². The summed E-state index contributed by atoms with van der Waals surface area (Å²) in [5.41, 5.74) is 6.40. The average Bonchev–Trinajstić information content (AvgIpc) is 2.42. The summed E-state index contributed by atoms with van der Waals surface area (Å²) in [7, 11) is 2.33. The molecule has 2 nitrogen and oxygen atoms in total. The first-order valence-electron chi connectivity index (χ1n) is 8.66. The van der Waals surface area contributed by atoms with Crippen LogP contribution in [0.25, 0.3) is 0 Å². The third kappa shape index (κ3) is 4.46. The molecule has 0 radical (unpaired) electrons. The highest BCUT2D eigenvalue weighted by molar-refractivity contribution is 4.89. The van der Waals surface area contributed by atoms with Crippen LogP contribution in [0.3, 0.4) is 0 Å². The van der Waals surface area contributed by atoms with Crippen LogP contribution in [0.2, 0.25) is 0 Å². The van der Waals surface area contributed by atoms with E-state index in [4.69, 9.17) is 5.73 Å². The second kappa shape index (κ2) is 7.64. The van der Waals surface area contributed by atoms with Gasteiger partial charge < -0.3 is 10.6 Å². The molecule has 2 saturated carbocycles. The fourth-order valence-electron chi connectivity index (χ4n) is 4.34. The van der Waals surface area contributed by atoms with E-state index >= 15 is 0 Å². The first-order valence-corrected chi connectivity index (χ1v) is 8.66. The Morgan fingerprint density at radius 1 is 1.00 bits per heavy atom. The molecule has 0 saturated heterocycles. The number of hydrogen-bond donors (Lipinski definition) is 1. The van der Waals surface area contributed by atoms with Gasteiger partial charge in [-0.15, -0.1) is 0 Å². The quantitative estimate of drug-likeness (QED) is 0.820. The Balaban J connectivity index is 1.82. The zero-order valence-electron chi connectivity index (χ0n) is 13.1. The van der Waals surface area contributed by atoms with Gasteiger partial charge in [0.25, 0.3) is 0 Å². The molecule has 3 atom stereocenters. The maximum Gasteiger partial charge on any atom is 0.0246 e. The molecule has 0 aromatic carbocycles. The fraction of sp³-hybridized carbons (Fsp3) is 1.00. The predicted octanol–water partition coefficient (Wildman–Crippen LogP) is 3.79. The number of hydrogen-bond acceptors (Lipinski definition) is 2. The minimum absolute atomic E-state index is 0.418. The molecule has 3 unspecified atom stereocenters. The summed E-state index contributed by atoms with van der Waals surface area (Å²) in [6.07, 6.45) is 13.9. The van der Waals surface area contributed by atoms with Crippen molar-refractivity contribution in [3.05, 3.63) is 0 Å². The second-order valence-corrected chi connectivity index (χ2v) is 7.14. The van der Waals surface area contributed by atoms with Gasteiger partial charge in [0.2, 0.25) is 0 Å². The summed E-state index contributed by atoms with van der Waals surface area (Å²) in [6, 6.07) is 1.06. The van der Waals surface area contributed by atoms with Crippen LogP contribution in [0, 0.1) is 11.8 Å². The second-order valence-electron chi connectivity index (χ2n) is 7.14. The largest absolute Gasteiger partial charge is 0.326 e. The van der Waals surface area contributed by atoms with Gasteiger partial charge in [0, 0.05) is 18.6 Å². The van der Waals surface area contributed by atoms with Crippen molar-refractivity contribution in [3.8, 4) is 0 Å². The lowest BCUT2D eigenvalue weighted by atomic mass is 9.79. The maximum absolute atomic E-state index is 6.40. The fourth-order valence-corrected chi connectivity index (χ4v) is 4.34. The summed E-state index contributed by atoms with van der Waals surface area (Å²) in [5, 5.41) is 0.